The highest BCUT2D eigenvalue weighted by molar-refractivity contribution is 5.75. The Kier molecular flexibility index (Phi) is 2.15. The smallest absolute Gasteiger partial charge is 0.317 e. The Labute approximate surface area is 78.5 Å². The van der Waals surface area contributed by atoms with Crippen LogP contribution >= 0.6 is 0 Å². The molecule has 4 heteroatoms. The van der Waals surface area contributed by atoms with Gasteiger partial charge in [0.25, 0.3) is 0 Å². The second-order valence-corrected chi connectivity index (χ2v) is 4.08. The van der Waals surface area contributed by atoms with Crippen LogP contribution in [0.25, 0.3) is 0 Å². The Hall–Kier alpha value is -0.770. The van der Waals surface area contributed by atoms with Gasteiger partial charge in [0.05, 0.1) is 0 Å². The van der Waals surface area contributed by atoms with Crippen molar-refractivity contribution < 1.29 is 4.79 Å². The summed E-state index contributed by atoms with van der Waals surface area (Å²) in [7, 11) is 1.69. The Bertz CT molecular complexity index is 205. The number of fused-ring (bicyclic) bond motifs is 2. The fourth-order valence-corrected chi connectivity index (χ4v) is 2.68. The first kappa shape index (κ1) is 8.81. The Balaban J connectivity index is 2.10. The Morgan fingerprint density at radius 3 is 2.38 bits per heavy atom. The minimum atomic E-state index is 0.0689. The molecule has 0 aromatic rings. The number of rotatable bonds is 0. The number of amides is 2. The number of urea groups is 1. The summed E-state index contributed by atoms with van der Waals surface area (Å²) in [5.74, 6) is 0. The van der Waals surface area contributed by atoms with E-state index in [1.54, 1.807) is 7.05 Å². The zero-order valence-corrected chi connectivity index (χ0v) is 7.99. The molecule has 2 saturated heterocycles. The normalized spacial score (nSPS) is 37.7. The van der Waals surface area contributed by atoms with Crippen molar-refractivity contribution in [1.82, 2.24) is 10.2 Å². The fourth-order valence-electron chi connectivity index (χ4n) is 2.68. The van der Waals surface area contributed by atoms with E-state index >= 15 is 0 Å². The summed E-state index contributed by atoms with van der Waals surface area (Å²) >= 11 is 0. The van der Waals surface area contributed by atoms with Gasteiger partial charge in [0.15, 0.2) is 0 Å². The predicted octanol–water partition coefficient (Wildman–Crippen LogP) is 0.280. The van der Waals surface area contributed by atoms with Crippen LogP contribution in [-0.2, 0) is 0 Å². The largest absolute Gasteiger partial charge is 0.341 e. The summed E-state index contributed by atoms with van der Waals surface area (Å²) < 4.78 is 0. The van der Waals surface area contributed by atoms with Gasteiger partial charge in [-0.25, -0.2) is 4.79 Å². The lowest BCUT2D eigenvalue weighted by molar-refractivity contribution is 0.141. The van der Waals surface area contributed by atoms with Gasteiger partial charge in [-0.1, -0.05) is 0 Å². The first-order chi connectivity index (χ1) is 6.22. The highest BCUT2D eigenvalue weighted by Gasteiger charge is 2.41. The molecule has 2 bridgehead atoms. The number of piperidine rings is 1. The van der Waals surface area contributed by atoms with Gasteiger partial charge < -0.3 is 16.0 Å². The molecule has 0 aromatic carbocycles. The van der Waals surface area contributed by atoms with E-state index in [9.17, 15) is 4.79 Å². The topological polar surface area (TPSA) is 58.4 Å². The summed E-state index contributed by atoms with van der Waals surface area (Å²) in [5, 5.41) is 2.70. The standard InChI is InChI=1S/C9H17N3O/c1-11-9(13)12-7-2-3-8(12)5-6(10)4-7/h6-8H,2-5,10H2,1H3,(H,11,13). The molecule has 0 radical (unpaired) electrons. The average molecular weight is 183 g/mol. The minimum Gasteiger partial charge on any atom is -0.341 e. The van der Waals surface area contributed by atoms with E-state index in [0.29, 0.717) is 18.1 Å². The molecular weight excluding hydrogens is 166 g/mol. The van der Waals surface area contributed by atoms with Crippen molar-refractivity contribution in [3.05, 3.63) is 0 Å². The third-order valence-corrected chi connectivity index (χ3v) is 3.22. The van der Waals surface area contributed by atoms with Crippen LogP contribution in [0, 0.1) is 0 Å². The molecule has 0 aromatic heterocycles. The fraction of sp³-hybridized carbons (Fsp3) is 0.889. The summed E-state index contributed by atoms with van der Waals surface area (Å²) in [4.78, 5) is 13.5. The maximum Gasteiger partial charge on any atom is 0.317 e. The van der Waals surface area contributed by atoms with Crippen LogP contribution in [0.1, 0.15) is 25.7 Å². The molecule has 2 atom stereocenters. The van der Waals surface area contributed by atoms with Crippen molar-refractivity contribution in [2.75, 3.05) is 7.05 Å². The van der Waals surface area contributed by atoms with Crippen LogP contribution in [0.4, 0.5) is 4.79 Å². The average Bonchev–Trinajstić information content (AvgIpc) is 2.37. The van der Waals surface area contributed by atoms with Crippen molar-refractivity contribution in [3.8, 4) is 0 Å². The van der Waals surface area contributed by atoms with Gasteiger partial charge >= 0.3 is 6.03 Å². The number of hydrogen-bond acceptors (Lipinski definition) is 2. The van der Waals surface area contributed by atoms with E-state index < -0.39 is 0 Å². The van der Waals surface area contributed by atoms with Gasteiger partial charge in [-0.3, -0.25) is 0 Å². The van der Waals surface area contributed by atoms with Crippen LogP contribution in [-0.4, -0.2) is 36.1 Å². The van der Waals surface area contributed by atoms with E-state index in [4.69, 9.17) is 5.73 Å². The van der Waals surface area contributed by atoms with E-state index in [1.807, 2.05) is 4.90 Å². The highest BCUT2D eigenvalue weighted by Crippen LogP contribution is 2.34. The molecule has 2 aliphatic heterocycles. The number of carbonyl (C=O) groups excluding carboxylic acids is 1. The monoisotopic (exact) mass is 183 g/mol. The zero-order valence-electron chi connectivity index (χ0n) is 7.99. The van der Waals surface area contributed by atoms with Crippen molar-refractivity contribution in [2.45, 2.75) is 43.8 Å². The molecule has 2 heterocycles. The molecule has 0 aliphatic carbocycles. The Morgan fingerprint density at radius 1 is 1.38 bits per heavy atom. The lowest BCUT2D eigenvalue weighted by Gasteiger charge is -2.37. The highest BCUT2D eigenvalue weighted by atomic mass is 16.2. The van der Waals surface area contributed by atoms with Gasteiger partial charge in [-0.2, -0.15) is 0 Å². The first-order valence-electron chi connectivity index (χ1n) is 4.98. The van der Waals surface area contributed by atoms with Gasteiger partial charge in [0.2, 0.25) is 0 Å². The van der Waals surface area contributed by atoms with Gasteiger partial charge in [-0.15, -0.1) is 0 Å². The predicted molar refractivity (Wildman–Crippen MR) is 50.3 cm³/mol. The quantitative estimate of drug-likeness (QED) is 0.566. The molecule has 2 aliphatic rings. The third-order valence-electron chi connectivity index (χ3n) is 3.22. The number of nitrogens with one attached hydrogen (secondary N) is 1. The molecule has 74 valence electrons. The molecule has 3 N–H and O–H groups in total. The van der Waals surface area contributed by atoms with Crippen molar-refractivity contribution in [3.63, 3.8) is 0 Å². The van der Waals surface area contributed by atoms with Crippen LogP contribution in [0.15, 0.2) is 0 Å². The molecule has 2 amide bonds. The number of hydrogen-bond donors (Lipinski definition) is 2. The van der Waals surface area contributed by atoms with E-state index in [0.717, 1.165) is 25.7 Å². The summed E-state index contributed by atoms with van der Waals surface area (Å²) in [6.45, 7) is 0. The molecule has 0 spiro atoms. The molecule has 4 nitrogen and oxygen atoms in total. The lowest BCUT2D eigenvalue weighted by atomic mass is 9.99. The Morgan fingerprint density at radius 2 is 1.92 bits per heavy atom. The van der Waals surface area contributed by atoms with Gasteiger partial charge in [0.1, 0.15) is 0 Å². The van der Waals surface area contributed by atoms with Crippen molar-refractivity contribution in [2.24, 2.45) is 5.73 Å². The van der Waals surface area contributed by atoms with Gasteiger partial charge in [-0.05, 0) is 25.7 Å². The summed E-state index contributed by atoms with van der Waals surface area (Å²) in [5.41, 5.74) is 5.90. The zero-order chi connectivity index (χ0) is 9.42. The van der Waals surface area contributed by atoms with E-state index in [2.05, 4.69) is 5.32 Å². The van der Waals surface area contributed by atoms with Crippen molar-refractivity contribution in [1.29, 1.82) is 0 Å². The maximum absolute atomic E-state index is 11.5. The second-order valence-electron chi connectivity index (χ2n) is 4.08. The number of carbonyl (C=O) groups is 1. The number of nitrogens with zero attached hydrogens (tertiary/aromatic N) is 1. The molecule has 0 saturated carbocycles. The minimum absolute atomic E-state index is 0.0689. The lowest BCUT2D eigenvalue weighted by Crippen LogP contribution is -2.52. The molecule has 2 unspecified atom stereocenters. The molecule has 2 fully saturated rings. The van der Waals surface area contributed by atoms with Crippen LogP contribution in [0.3, 0.4) is 0 Å². The SMILES string of the molecule is CNC(=O)N1C2CCC1CC(N)C2. The molecule has 13 heavy (non-hydrogen) atoms. The maximum atomic E-state index is 11.5. The summed E-state index contributed by atoms with van der Waals surface area (Å²) in [6, 6.07) is 1.17. The first-order valence-corrected chi connectivity index (χ1v) is 4.98. The second kappa shape index (κ2) is 3.18. The third kappa shape index (κ3) is 1.39. The summed E-state index contributed by atoms with van der Waals surface area (Å²) in [6.07, 6.45) is 4.21. The van der Waals surface area contributed by atoms with Crippen molar-refractivity contribution >= 4 is 6.03 Å². The van der Waals surface area contributed by atoms with Crippen LogP contribution in [0.2, 0.25) is 0 Å². The molecular formula is C9H17N3O. The van der Waals surface area contributed by atoms with Crippen LogP contribution < -0.4 is 11.1 Å². The van der Waals surface area contributed by atoms with Crippen LogP contribution in [0.5, 0.6) is 0 Å². The molecule has 2 rings (SSSR count). The number of nitrogens with two attached hydrogens (primary N) is 1. The van der Waals surface area contributed by atoms with E-state index in [1.165, 1.54) is 0 Å². The van der Waals surface area contributed by atoms with E-state index in [-0.39, 0.29) is 6.03 Å². The van der Waals surface area contributed by atoms with Gasteiger partial charge in [0, 0.05) is 25.2 Å².